The lowest BCUT2D eigenvalue weighted by Gasteiger charge is -2.28. The van der Waals surface area contributed by atoms with Crippen LogP contribution in [0.4, 0.5) is 5.69 Å². The van der Waals surface area contributed by atoms with Gasteiger partial charge in [0.25, 0.3) is 0 Å². The second kappa shape index (κ2) is 4.00. The molecule has 21 heavy (non-hydrogen) atoms. The minimum Gasteiger partial charge on any atom is -0.370 e. The molecule has 0 spiro atoms. The summed E-state index contributed by atoms with van der Waals surface area (Å²) >= 11 is 0. The number of likely N-dealkylation sites (N-methyl/N-ethyl adjacent to an activating group) is 1. The number of hydrogen-bond acceptors (Lipinski definition) is 1. The molecule has 0 aromatic heterocycles. The molecule has 1 unspecified atom stereocenters. The van der Waals surface area contributed by atoms with Crippen LogP contribution in [0.15, 0.2) is 48.5 Å². The molecule has 1 aliphatic heterocycles. The van der Waals surface area contributed by atoms with Crippen LogP contribution in [0.25, 0.3) is 21.5 Å². The lowest BCUT2D eigenvalue weighted by atomic mass is 9.78. The van der Waals surface area contributed by atoms with Crippen molar-refractivity contribution in [3.8, 4) is 0 Å². The van der Waals surface area contributed by atoms with Crippen molar-refractivity contribution in [2.24, 2.45) is 0 Å². The molecule has 0 saturated carbocycles. The first-order chi connectivity index (χ1) is 10.0. The first-order valence-electron chi connectivity index (χ1n) is 7.70. The van der Waals surface area contributed by atoms with E-state index in [1.54, 1.807) is 0 Å². The van der Waals surface area contributed by atoms with E-state index in [-0.39, 0.29) is 5.41 Å². The van der Waals surface area contributed by atoms with Gasteiger partial charge in [0.15, 0.2) is 0 Å². The van der Waals surface area contributed by atoms with Gasteiger partial charge in [-0.3, -0.25) is 0 Å². The molecule has 3 aromatic rings. The van der Waals surface area contributed by atoms with Crippen LogP contribution in [0.1, 0.15) is 26.3 Å². The van der Waals surface area contributed by atoms with E-state index in [9.17, 15) is 0 Å². The van der Waals surface area contributed by atoms with E-state index in [2.05, 4.69) is 81.2 Å². The highest BCUT2D eigenvalue weighted by Crippen LogP contribution is 2.51. The molecule has 0 N–H and O–H groups in total. The average molecular weight is 275 g/mol. The van der Waals surface area contributed by atoms with Crippen LogP contribution < -0.4 is 4.90 Å². The summed E-state index contributed by atoms with van der Waals surface area (Å²) in [4.78, 5) is 2.46. The smallest absolute Gasteiger partial charge is 0.0491 e. The highest BCUT2D eigenvalue weighted by atomic mass is 15.2. The summed E-state index contributed by atoms with van der Waals surface area (Å²) < 4.78 is 0. The van der Waals surface area contributed by atoms with Crippen molar-refractivity contribution in [3.05, 3.63) is 54.1 Å². The highest BCUT2D eigenvalue weighted by molar-refractivity contribution is 6.16. The van der Waals surface area contributed by atoms with Crippen molar-refractivity contribution in [2.75, 3.05) is 11.9 Å². The molecule has 1 atom stereocenters. The maximum Gasteiger partial charge on any atom is 0.0491 e. The van der Waals surface area contributed by atoms with Gasteiger partial charge in [0, 0.05) is 29.6 Å². The fourth-order valence-electron chi connectivity index (χ4n) is 4.03. The molecule has 4 rings (SSSR count). The lowest BCUT2D eigenvalue weighted by Crippen LogP contribution is -2.36. The summed E-state index contributed by atoms with van der Waals surface area (Å²) in [7, 11) is 2.24. The van der Waals surface area contributed by atoms with Crippen LogP contribution >= 0.6 is 0 Å². The molecule has 0 saturated heterocycles. The second-order valence-electron chi connectivity index (χ2n) is 6.82. The number of rotatable bonds is 0. The molecule has 0 fully saturated rings. The molecule has 106 valence electrons. The predicted molar refractivity (Wildman–Crippen MR) is 92.3 cm³/mol. The van der Waals surface area contributed by atoms with Crippen molar-refractivity contribution in [3.63, 3.8) is 0 Å². The molecule has 1 aliphatic rings. The molecule has 1 nitrogen and oxygen atoms in total. The summed E-state index contributed by atoms with van der Waals surface area (Å²) in [5.41, 5.74) is 3.09. The Hall–Kier alpha value is -2.02. The van der Waals surface area contributed by atoms with Crippen LogP contribution in [-0.2, 0) is 5.41 Å². The fraction of sp³-hybridized carbons (Fsp3) is 0.300. The van der Waals surface area contributed by atoms with Gasteiger partial charge >= 0.3 is 0 Å². The van der Waals surface area contributed by atoms with E-state index in [0.29, 0.717) is 6.04 Å². The summed E-state index contributed by atoms with van der Waals surface area (Å²) in [5, 5.41) is 5.53. The molecular formula is C20H21N. The second-order valence-corrected chi connectivity index (χ2v) is 6.82. The third-order valence-corrected chi connectivity index (χ3v) is 5.53. The third kappa shape index (κ3) is 1.47. The van der Waals surface area contributed by atoms with Gasteiger partial charge in [0.2, 0.25) is 0 Å². The van der Waals surface area contributed by atoms with Crippen LogP contribution in [0.5, 0.6) is 0 Å². The van der Waals surface area contributed by atoms with E-state index in [4.69, 9.17) is 0 Å². The van der Waals surface area contributed by atoms with Gasteiger partial charge < -0.3 is 4.90 Å². The molecule has 1 heterocycles. The van der Waals surface area contributed by atoms with Gasteiger partial charge in [-0.2, -0.15) is 0 Å². The van der Waals surface area contributed by atoms with Gasteiger partial charge in [-0.15, -0.1) is 0 Å². The third-order valence-electron chi connectivity index (χ3n) is 5.53. The number of hydrogen-bond donors (Lipinski definition) is 0. The van der Waals surface area contributed by atoms with Crippen LogP contribution in [0.3, 0.4) is 0 Å². The van der Waals surface area contributed by atoms with Gasteiger partial charge in [0.05, 0.1) is 0 Å². The molecular weight excluding hydrogens is 254 g/mol. The average Bonchev–Trinajstić information content (AvgIpc) is 2.69. The number of anilines is 1. The Morgan fingerprint density at radius 3 is 1.90 bits per heavy atom. The fourth-order valence-corrected chi connectivity index (χ4v) is 4.03. The summed E-state index contributed by atoms with van der Waals surface area (Å²) in [6.45, 7) is 7.09. The number of benzene rings is 3. The van der Waals surface area contributed by atoms with E-state index < -0.39 is 0 Å². The molecule has 1 heteroatoms. The monoisotopic (exact) mass is 275 g/mol. The standard InChI is InChI=1S/C20H21N/c1-13-20(2,3)18-16-11-7-5-9-14(16)15-10-6-8-12-17(15)19(18)21(13)4/h5-13H,1-4H3. The Labute approximate surface area is 126 Å². The van der Waals surface area contributed by atoms with Crippen LogP contribution in [0, 0.1) is 0 Å². The Morgan fingerprint density at radius 1 is 0.810 bits per heavy atom. The van der Waals surface area contributed by atoms with Gasteiger partial charge in [-0.05, 0) is 28.6 Å². The topological polar surface area (TPSA) is 3.24 Å². The largest absolute Gasteiger partial charge is 0.370 e. The SMILES string of the molecule is CC1N(C)c2c(c3ccccc3c3ccccc23)C1(C)C. The quantitative estimate of drug-likeness (QED) is 0.515. The molecule has 0 amide bonds. The maximum absolute atomic E-state index is 2.46. The Balaban J connectivity index is 2.31. The zero-order valence-electron chi connectivity index (χ0n) is 13.1. The van der Waals surface area contributed by atoms with Crippen molar-refractivity contribution >= 4 is 27.2 Å². The van der Waals surface area contributed by atoms with Gasteiger partial charge in [-0.25, -0.2) is 0 Å². The Bertz CT molecular complexity index is 860. The first kappa shape index (κ1) is 12.7. The van der Waals surface area contributed by atoms with Crippen LogP contribution in [-0.4, -0.2) is 13.1 Å². The van der Waals surface area contributed by atoms with E-state index in [0.717, 1.165) is 0 Å². The van der Waals surface area contributed by atoms with Gasteiger partial charge in [0.1, 0.15) is 0 Å². The summed E-state index contributed by atoms with van der Waals surface area (Å²) in [6, 6.07) is 18.2. The first-order valence-corrected chi connectivity index (χ1v) is 7.70. The summed E-state index contributed by atoms with van der Waals surface area (Å²) in [6.07, 6.45) is 0. The van der Waals surface area contributed by atoms with Crippen molar-refractivity contribution < 1.29 is 0 Å². The normalized spacial score (nSPS) is 20.2. The zero-order chi connectivity index (χ0) is 14.8. The highest BCUT2D eigenvalue weighted by Gasteiger charge is 2.42. The summed E-state index contributed by atoms with van der Waals surface area (Å²) in [5.74, 6) is 0. The van der Waals surface area contributed by atoms with Crippen molar-refractivity contribution in [1.29, 1.82) is 0 Å². The van der Waals surface area contributed by atoms with Crippen molar-refractivity contribution in [2.45, 2.75) is 32.2 Å². The van der Waals surface area contributed by atoms with Crippen LogP contribution in [0.2, 0.25) is 0 Å². The van der Waals surface area contributed by atoms with E-state index in [1.165, 1.54) is 32.8 Å². The molecule has 3 aromatic carbocycles. The Kier molecular flexibility index (Phi) is 2.42. The molecule has 0 aliphatic carbocycles. The number of nitrogens with zero attached hydrogens (tertiary/aromatic N) is 1. The van der Waals surface area contributed by atoms with E-state index >= 15 is 0 Å². The van der Waals surface area contributed by atoms with Gasteiger partial charge in [-0.1, -0.05) is 62.4 Å². The lowest BCUT2D eigenvalue weighted by molar-refractivity contribution is 0.457. The van der Waals surface area contributed by atoms with E-state index in [1.807, 2.05) is 0 Å². The molecule has 0 radical (unpaired) electrons. The maximum atomic E-state index is 2.46. The Morgan fingerprint density at radius 2 is 1.29 bits per heavy atom. The zero-order valence-corrected chi connectivity index (χ0v) is 13.1. The number of fused-ring (bicyclic) bond motifs is 6. The predicted octanol–water partition coefficient (Wildman–Crippen LogP) is 5.11. The van der Waals surface area contributed by atoms with Crippen molar-refractivity contribution in [1.82, 2.24) is 0 Å². The minimum atomic E-state index is 0.160. The molecule has 0 bridgehead atoms. The minimum absolute atomic E-state index is 0.160.